The van der Waals surface area contributed by atoms with Crippen LogP contribution in [0.1, 0.15) is 94.6 Å². The molecule has 1 unspecified atom stereocenters. The first-order valence-corrected chi connectivity index (χ1v) is 15.1. The lowest BCUT2D eigenvalue weighted by atomic mass is 9.91. The van der Waals surface area contributed by atoms with Crippen LogP contribution in [0.3, 0.4) is 0 Å². The van der Waals surface area contributed by atoms with Crippen molar-refractivity contribution < 1.29 is 9.84 Å². The van der Waals surface area contributed by atoms with Crippen molar-refractivity contribution in [2.75, 3.05) is 0 Å². The van der Waals surface area contributed by atoms with Crippen molar-refractivity contribution in [1.82, 2.24) is 19.2 Å². The van der Waals surface area contributed by atoms with E-state index < -0.39 is 5.60 Å². The van der Waals surface area contributed by atoms with Crippen molar-refractivity contribution in [1.29, 1.82) is 5.26 Å². The molecule has 0 spiro atoms. The molecule has 0 aliphatic heterocycles. The lowest BCUT2D eigenvalue weighted by Gasteiger charge is -2.35. The summed E-state index contributed by atoms with van der Waals surface area (Å²) in [6.07, 6.45) is 7.78. The van der Waals surface area contributed by atoms with Crippen LogP contribution < -0.4 is 5.56 Å². The first-order chi connectivity index (χ1) is 20.2. The van der Waals surface area contributed by atoms with Crippen molar-refractivity contribution in [3.05, 3.63) is 87.6 Å². The Hall–Kier alpha value is -3.80. The number of hydrogen-bond donors (Lipinski definition) is 1. The number of aromatic nitrogens is 4. The Labute approximate surface area is 247 Å². The van der Waals surface area contributed by atoms with E-state index in [1.54, 1.807) is 20.2 Å². The Morgan fingerprint density at radius 2 is 1.83 bits per heavy atom. The topological polar surface area (TPSA) is 105 Å². The Bertz CT molecular complexity index is 1620. The van der Waals surface area contributed by atoms with Crippen molar-refractivity contribution in [3.63, 3.8) is 0 Å². The second kappa shape index (κ2) is 12.6. The molecule has 4 aromatic rings. The van der Waals surface area contributed by atoms with Gasteiger partial charge in [-0.25, -0.2) is 4.52 Å². The van der Waals surface area contributed by atoms with Gasteiger partial charge in [0, 0.05) is 18.0 Å². The molecule has 0 amide bonds. The standard InChI is InChI=1S/C34H41N5O3/c1-5-6-11-31-30(20-24-12-14-25(15-13-24)29-10-8-7-9-26(29)21-35)32(40)38(33-36-22-37-39(31)33)27-16-18-28(19-17-27)42-23(2)34(3,4)41/h7-10,12-15,22-23,27-28,41H,5-6,11,16-20H2,1-4H3/t23?,27-,28-. The molecule has 5 rings (SSSR count). The highest BCUT2D eigenvalue weighted by Crippen LogP contribution is 2.32. The van der Waals surface area contributed by atoms with E-state index >= 15 is 0 Å². The minimum Gasteiger partial charge on any atom is -0.388 e. The van der Waals surface area contributed by atoms with Gasteiger partial charge >= 0.3 is 0 Å². The zero-order chi connectivity index (χ0) is 29.9. The second-order valence-electron chi connectivity index (χ2n) is 12.1. The van der Waals surface area contributed by atoms with E-state index in [0.29, 0.717) is 17.8 Å². The van der Waals surface area contributed by atoms with Gasteiger partial charge in [0.05, 0.1) is 35.1 Å². The highest BCUT2D eigenvalue weighted by molar-refractivity contribution is 5.70. The second-order valence-corrected chi connectivity index (χ2v) is 12.1. The molecule has 1 saturated carbocycles. The molecule has 2 heterocycles. The van der Waals surface area contributed by atoms with E-state index in [-0.39, 0.29) is 23.8 Å². The van der Waals surface area contributed by atoms with E-state index in [2.05, 4.69) is 35.2 Å². The van der Waals surface area contributed by atoms with E-state index in [9.17, 15) is 15.2 Å². The number of rotatable bonds is 10. The predicted octanol–water partition coefficient (Wildman–Crippen LogP) is 6.02. The van der Waals surface area contributed by atoms with E-state index in [1.807, 2.05) is 52.4 Å². The molecular weight excluding hydrogens is 526 g/mol. The molecule has 0 radical (unpaired) electrons. The van der Waals surface area contributed by atoms with Crippen LogP contribution in [0.2, 0.25) is 0 Å². The Morgan fingerprint density at radius 3 is 2.50 bits per heavy atom. The highest BCUT2D eigenvalue weighted by Gasteiger charge is 2.31. The number of aryl methyl sites for hydroxylation is 1. The average molecular weight is 568 g/mol. The third-order valence-corrected chi connectivity index (χ3v) is 8.69. The van der Waals surface area contributed by atoms with Gasteiger partial charge in [-0.2, -0.15) is 15.3 Å². The SMILES string of the molecule is CCCCc1c(Cc2ccc(-c3ccccc3C#N)cc2)c(=O)n([C@H]2CC[C@H](OC(C)C(C)(C)O)CC2)c2ncnn12. The molecule has 0 bridgehead atoms. The summed E-state index contributed by atoms with van der Waals surface area (Å²) in [5.41, 5.74) is 4.35. The summed E-state index contributed by atoms with van der Waals surface area (Å²) >= 11 is 0. The number of fused-ring (bicyclic) bond motifs is 1. The van der Waals surface area contributed by atoms with Crippen molar-refractivity contribution >= 4 is 5.78 Å². The van der Waals surface area contributed by atoms with Crippen LogP contribution in [0.25, 0.3) is 16.9 Å². The number of hydrogen-bond acceptors (Lipinski definition) is 6. The molecule has 2 aromatic heterocycles. The maximum Gasteiger partial charge on any atom is 0.259 e. The molecule has 8 nitrogen and oxygen atoms in total. The average Bonchev–Trinajstić information content (AvgIpc) is 3.47. The molecule has 8 heteroatoms. The number of nitriles is 1. The van der Waals surface area contributed by atoms with E-state index in [1.165, 1.54) is 0 Å². The molecule has 1 N–H and O–H groups in total. The molecule has 42 heavy (non-hydrogen) atoms. The molecule has 220 valence electrons. The largest absolute Gasteiger partial charge is 0.388 e. The summed E-state index contributed by atoms with van der Waals surface area (Å²) in [6, 6.07) is 18.0. The summed E-state index contributed by atoms with van der Waals surface area (Å²) in [6.45, 7) is 7.60. The molecule has 2 aromatic carbocycles. The predicted molar refractivity (Wildman–Crippen MR) is 163 cm³/mol. The van der Waals surface area contributed by atoms with Gasteiger partial charge in [-0.15, -0.1) is 0 Å². The number of aliphatic hydroxyl groups is 1. The van der Waals surface area contributed by atoms with Gasteiger partial charge in [-0.05, 0) is 82.1 Å². The Balaban J connectivity index is 1.46. The summed E-state index contributed by atoms with van der Waals surface area (Å²) in [5, 5.41) is 24.4. The van der Waals surface area contributed by atoms with Crippen LogP contribution in [0.5, 0.6) is 0 Å². The van der Waals surface area contributed by atoms with Gasteiger partial charge < -0.3 is 9.84 Å². The number of nitrogens with zero attached hydrogens (tertiary/aromatic N) is 5. The van der Waals surface area contributed by atoms with Crippen LogP contribution in [0.15, 0.2) is 59.7 Å². The van der Waals surface area contributed by atoms with Crippen LogP contribution in [0, 0.1) is 11.3 Å². The van der Waals surface area contributed by atoms with Crippen molar-refractivity contribution in [3.8, 4) is 17.2 Å². The normalized spacial score (nSPS) is 18.2. The van der Waals surface area contributed by atoms with Gasteiger partial charge in [-0.3, -0.25) is 9.36 Å². The molecular formula is C34H41N5O3. The van der Waals surface area contributed by atoms with Crippen LogP contribution >= 0.6 is 0 Å². The summed E-state index contributed by atoms with van der Waals surface area (Å²) < 4.78 is 9.92. The fourth-order valence-electron chi connectivity index (χ4n) is 5.92. The monoisotopic (exact) mass is 567 g/mol. The van der Waals surface area contributed by atoms with Gasteiger partial charge in [0.15, 0.2) is 0 Å². The first kappa shape index (κ1) is 29.7. The summed E-state index contributed by atoms with van der Waals surface area (Å²) in [5.74, 6) is 0.604. The van der Waals surface area contributed by atoms with E-state index in [0.717, 1.165) is 72.9 Å². The third-order valence-electron chi connectivity index (χ3n) is 8.69. The zero-order valence-electron chi connectivity index (χ0n) is 25.1. The Morgan fingerprint density at radius 1 is 1.12 bits per heavy atom. The Kier molecular flexibility index (Phi) is 8.91. The molecule has 1 aliphatic carbocycles. The number of benzene rings is 2. The number of ether oxygens (including phenoxy) is 1. The van der Waals surface area contributed by atoms with E-state index in [4.69, 9.17) is 4.74 Å². The smallest absolute Gasteiger partial charge is 0.259 e. The zero-order valence-corrected chi connectivity index (χ0v) is 25.1. The lowest BCUT2D eigenvalue weighted by Crippen LogP contribution is -2.40. The quantitative estimate of drug-likeness (QED) is 0.251. The van der Waals surface area contributed by atoms with Crippen LogP contribution in [0.4, 0.5) is 0 Å². The van der Waals surface area contributed by atoms with Gasteiger partial charge in [0.25, 0.3) is 5.56 Å². The third kappa shape index (κ3) is 6.18. The van der Waals surface area contributed by atoms with Crippen molar-refractivity contribution in [2.24, 2.45) is 0 Å². The van der Waals surface area contributed by atoms with Gasteiger partial charge in [0.2, 0.25) is 5.78 Å². The number of unbranched alkanes of at least 4 members (excludes halogenated alkanes) is 1. The van der Waals surface area contributed by atoms with Gasteiger partial charge in [-0.1, -0.05) is 55.8 Å². The lowest BCUT2D eigenvalue weighted by molar-refractivity contribution is -0.118. The maximum absolute atomic E-state index is 14.3. The maximum atomic E-state index is 14.3. The summed E-state index contributed by atoms with van der Waals surface area (Å²) in [4.78, 5) is 18.9. The van der Waals surface area contributed by atoms with Gasteiger partial charge in [0.1, 0.15) is 6.33 Å². The van der Waals surface area contributed by atoms with Crippen LogP contribution in [-0.2, 0) is 17.6 Å². The fraction of sp³-hybridized carbons (Fsp3) is 0.471. The molecule has 1 aliphatic rings. The minimum absolute atomic E-state index is 0.00493. The molecule has 1 atom stereocenters. The minimum atomic E-state index is -0.901. The fourth-order valence-corrected chi connectivity index (χ4v) is 5.92. The summed E-state index contributed by atoms with van der Waals surface area (Å²) in [7, 11) is 0. The molecule has 0 saturated heterocycles. The highest BCUT2D eigenvalue weighted by atomic mass is 16.5. The van der Waals surface area contributed by atoms with Crippen molar-refractivity contribution in [2.45, 2.75) is 103 Å². The first-order valence-electron chi connectivity index (χ1n) is 15.1. The van der Waals surface area contributed by atoms with Crippen LogP contribution in [-0.4, -0.2) is 42.1 Å². The molecule has 1 fully saturated rings.